The Labute approximate surface area is 171 Å². The Morgan fingerprint density at radius 2 is 1.77 bits per heavy atom. The minimum atomic E-state index is -0.641. The zero-order chi connectivity index (χ0) is 21.1. The van der Waals surface area contributed by atoms with E-state index < -0.39 is 12.0 Å². The zero-order valence-corrected chi connectivity index (χ0v) is 15.8. The highest BCUT2D eigenvalue weighted by molar-refractivity contribution is 5.98. The van der Waals surface area contributed by atoms with Crippen molar-refractivity contribution >= 4 is 22.9 Å². The van der Waals surface area contributed by atoms with Crippen molar-refractivity contribution in [1.29, 1.82) is 0 Å². The van der Waals surface area contributed by atoms with Gasteiger partial charge in [-0.05, 0) is 36.4 Å². The van der Waals surface area contributed by atoms with Gasteiger partial charge in [-0.3, -0.25) is 0 Å². The fraction of sp³-hybridized carbons (Fsp3) is 0.100. The van der Waals surface area contributed by atoms with E-state index in [4.69, 9.17) is 16.2 Å². The summed E-state index contributed by atoms with van der Waals surface area (Å²) in [6.07, 6.45) is 0. The van der Waals surface area contributed by atoms with E-state index in [0.29, 0.717) is 22.5 Å². The van der Waals surface area contributed by atoms with Crippen molar-refractivity contribution in [3.8, 4) is 28.8 Å². The van der Waals surface area contributed by atoms with Crippen LogP contribution in [0.5, 0.6) is 17.5 Å². The van der Waals surface area contributed by atoms with Crippen LogP contribution in [0.15, 0.2) is 54.6 Å². The number of urea groups is 1. The number of rotatable bonds is 6. The first kappa shape index (κ1) is 19.0. The molecule has 6 N–H and O–H groups in total. The van der Waals surface area contributed by atoms with E-state index in [-0.39, 0.29) is 18.9 Å². The lowest BCUT2D eigenvalue weighted by atomic mass is 10.1. The zero-order valence-electron chi connectivity index (χ0n) is 15.8. The molecule has 0 saturated heterocycles. The Bertz CT molecular complexity index is 1190. The minimum Gasteiger partial charge on any atom is -0.479 e. The molecule has 152 valence electrons. The van der Waals surface area contributed by atoms with Crippen LogP contribution in [0.25, 0.3) is 22.3 Å². The number of benzene rings is 2. The molecule has 0 aliphatic rings. The van der Waals surface area contributed by atoms with Gasteiger partial charge < -0.3 is 26.6 Å². The number of amides is 2. The van der Waals surface area contributed by atoms with Crippen LogP contribution in [0, 0.1) is 0 Å². The summed E-state index contributed by atoms with van der Waals surface area (Å²) in [7, 11) is 0. The Balaban J connectivity index is 1.68. The lowest BCUT2D eigenvalue weighted by Crippen LogP contribution is -2.32. The molecular weight excluding hydrogens is 386 g/mol. The maximum absolute atomic E-state index is 10.9. The number of primary amides is 1. The van der Waals surface area contributed by atoms with E-state index in [2.05, 4.69) is 20.4 Å². The van der Waals surface area contributed by atoms with Crippen LogP contribution in [0.4, 0.5) is 10.6 Å². The van der Waals surface area contributed by atoms with E-state index in [1.165, 1.54) is 4.68 Å². The summed E-state index contributed by atoms with van der Waals surface area (Å²) in [5.74, 6) is 1.50. The Morgan fingerprint density at radius 1 is 1.07 bits per heavy atom. The molecule has 10 nitrogen and oxygen atoms in total. The fourth-order valence-electron chi connectivity index (χ4n) is 3.03. The average molecular weight is 405 g/mol. The summed E-state index contributed by atoms with van der Waals surface area (Å²) < 4.78 is 7.35. The van der Waals surface area contributed by atoms with E-state index in [9.17, 15) is 9.90 Å². The third kappa shape index (κ3) is 3.92. The van der Waals surface area contributed by atoms with Gasteiger partial charge in [-0.25, -0.2) is 9.48 Å². The quantitative estimate of drug-likeness (QED) is 0.383. The highest BCUT2D eigenvalue weighted by Gasteiger charge is 2.18. The van der Waals surface area contributed by atoms with Gasteiger partial charge in [-0.2, -0.15) is 15.1 Å². The Hall–Kier alpha value is -4.34. The van der Waals surface area contributed by atoms with Crippen molar-refractivity contribution < 1.29 is 14.6 Å². The number of carbonyl (C=O) groups is 1. The number of aromatic hydroxyl groups is 1. The van der Waals surface area contributed by atoms with Gasteiger partial charge >= 0.3 is 12.0 Å². The molecule has 4 aromatic rings. The monoisotopic (exact) mass is 405 g/mol. The lowest BCUT2D eigenvalue weighted by molar-refractivity contribution is 0.248. The van der Waals surface area contributed by atoms with Crippen LogP contribution in [0.2, 0.25) is 0 Å². The number of hydrogen-bond donors (Lipinski definition) is 4. The average Bonchev–Trinajstić information content (AvgIpc) is 3.08. The number of ether oxygens (including phenoxy) is 1. The number of carbonyl (C=O) groups excluding carboxylic acids is 1. The second-order valence-corrected chi connectivity index (χ2v) is 6.41. The highest BCUT2D eigenvalue weighted by atomic mass is 16.5. The molecule has 2 aromatic heterocycles. The summed E-state index contributed by atoms with van der Waals surface area (Å²) >= 11 is 0. The number of hydrogen-bond acceptors (Lipinski definition) is 7. The van der Waals surface area contributed by atoms with Crippen LogP contribution < -0.4 is 21.5 Å². The van der Waals surface area contributed by atoms with Crippen LogP contribution in [0.1, 0.15) is 0 Å². The van der Waals surface area contributed by atoms with E-state index >= 15 is 0 Å². The summed E-state index contributed by atoms with van der Waals surface area (Å²) in [6, 6.07) is 15.7. The number of fused-ring (bicyclic) bond motifs is 1. The fourth-order valence-corrected chi connectivity index (χ4v) is 3.03. The second-order valence-electron chi connectivity index (χ2n) is 6.41. The number of aromatic nitrogens is 4. The molecule has 10 heteroatoms. The highest BCUT2D eigenvalue weighted by Crippen LogP contribution is 2.33. The molecule has 2 heterocycles. The summed E-state index contributed by atoms with van der Waals surface area (Å²) in [4.78, 5) is 18.8. The second kappa shape index (κ2) is 7.95. The molecule has 0 radical (unpaired) electrons. The van der Waals surface area contributed by atoms with E-state index in [1.807, 2.05) is 54.6 Å². The van der Waals surface area contributed by atoms with Crippen LogP contribution in [-0.4, -0.2) is 37.4 Å². The molecule has 2 amide bonds. The maximum atomic E-state index is 10.9. The molecule has 0 aliphatic carbocycles. The minimum absolute atomic E-state index is 0.103. The predicted octanol–water partition coefficient (Wildman–Crippen LogP) is 2.24. The molecule has 0 saturated carbocycles. The molecule has 0 aliphatic heterocycles. The molecule has 4 rings (SSSR count). The van der Waals surface area contributed by atoms with Crippen molar-refractivity contribution in [3.63, 3.8) is 0 Å². The first-order valence-electron chi connectivity index (χ1n) is 9.11. The molecule has 0 atom stereocenters. The van der Waals surface area contributed by atoms with Gasteiger partial charge in [0.1, 0.15) is 23.0 Å². The number of para-hydroxylation sites is 1. The van der Waals surface area contributed by atoms with Gasteiger partial charge in [0.25, 0.3) is 0 Å². The molecule has 0 spiro atoms. The normalized spacial score (nSPS) is 10.8. The number of nitrogens with two attached hydrogens (primary N) is 2. The molecule has 30 heavy (non-hydrogen) atoms. The number of nitrogens with zero attached hydrogens (tertiary/aromatic N) is 4. The largest absolute Gasteiger partial charge is 0.479 e. The van der Waals surface area contributed by atoms with Gasteiger partial charge in [0.15, 0.2) is 5.65 Å². The van der Waals surface area contributed by atoms with Crippen molar-refractivity contribution in [3.05, 3.63) is 54.6 Å². The molecule has 0 bridgehead atoms. The first-order chi connectivity index (χ1) is 14.5. The van der Waals surface area contributed by atoms with Gasteiger partial charge in [0, 0.05) is 12.1 Å². The summed E-state index contributed by atoms with van der Waals surface area (Å²) in [5.41, 5.74) is 12.8. The lowest BCUT2D eigenvalue weighted by Gasteiger charge is -2.06. The first-order valence-corrected chi connectivity index (χ1v) is 9.11. The standard InChI is InChI=1S/C20H19N7O3/c21-17-15-16(12-6-8-14(9-7-12)30-13-4-2-1-3-5-13)26-27(11-10-23-19(22)28)18(15)25-20(29)24-17/h1-9H,10-11H2,(H3,22,23,28)(H3,21,24,25,29). The number of anilines is 1. The number of nitrogens with one attached hydrogen (secondary N) is 1. The van der Waals surface area contributed by atoms with Crippen LogP contribution >= 0.6 is 0 Å². The molecule has 2 aromatic carbocycles. The van der Waals surface area contributed by atoms with Crippen LogP contribution in [-0.2, 0) is 6.54 Å². The smallest absolute Gasteiger partial charge is 0.317 e. The topological polar surface area (TPSA) is 154 Å². The Morgan fingerprint density at radius 3 is 2.47 bits per heavy atom. The van der Waals surface area contributed by atoms with Crippen molar-refractivity contribution in [2.24, 2.45) is 5.73 Å². The van der Waals surface area contributed by atoms with E-state index in [1.54, 1.807) is 0 Å². The maximum Gasteiger partial charge on any atom is 0.317 e. The molecule has 0 unspecified atom stereocenters. The summed E-state index contributed by atoms with van der Waals surface area (Å²) in [5, 5.41) is 17.3. The molecule has 0 fully saturated rings. The van der Waals surface area contributed by atoms with Gasteiger partial charge in [0.2, 0.25) is 0 Å². The van der Waals surface area contributed by atoms with Gasteiger partial charge in [-0.1, -0.05) is 18.2 Å². The van der Waals surface area contributed by atoms with Crippen molar-refractivity contribution in [2.75, 3.05) is 12.3 Å². The van der Waals surface area contributed by atoms with Crippen LogP contribution in [0.3, 0.4) is 0 Å². The van der Waals surface area contributed by atoms with Gasteiger partial charge in [0.05, 0.1) is 11.9 Å². The Kier molecular flexibility index (Phi) is 5.04. The SMILES string of the molecule is NC(=O)NCCn1nc(-c2ccc(Oc3ccccc3)cc2)c2c(N)nc(O)nc21. The third-order valence-electron chi connectivity index (χ3n) is 4.34. The van der Waals surface area contributed by atoms with Crippen molar-refractivity contribution in [1.82, 2.24) is 25.1 Å². The van der Waals surface area contributed by atoms with Gasteiger partial charge in [-0.15, -0.1) is 0 Å². The van der Waals surface area contributed by atoms with Crippen molar-refractivity contribution in [2.45, 2.75) is 6.54 Å². The predicted molar refractivity (Wildman–Crippen MR) is 111 cm³/mol. The number of nitrogen functional groups attached to an aromatic ring is 1. The molecular formula is C20H19N7O3. The third-order valence-corrected chi connectivity index (χ3v) is 4.34. The summed E-state index contributed by atoms with van der Waals surface area (Å²) in [6.45, 7) is 0.518. The van der Waals surface area contributed by atoms with E-state index in [0.717, 1.165) is 11.3 Å².